The first-order valence-corrected chi connectivity index (χ1v) is 8.33. The fourth-order valence-electron chi connectivity index (χ4n) is 2.74. The zero-order chi connectivity index (χ0) is 18.7. The van der Waals surface area contributed by atoms with E-state index in [1.807, 2.05) is 32.0 Å². The van der Waals surface area contributed by atoms with E-state index in [1.54, 1.807) is 31.2 Å². The van der Waals surface area contributed by atoms with Crippen LogP contribution in [0.25, 0.3) is 10.9 Å². The molecule has 0 spiro atoms. The van der Waals surface area contributed by atoms with Crippen LogP contribution >= 0.6 is 0 Å². The number of hydrogen-bond acceptors (Lipinski definition) is 5. The maximum atomic E-state index is 12.1. The van der Waals surface area contributed by atoms with Gasteiger partial charge in [-0.05, 0) is 44.0 Å². The average molecular weight is 352 g/mol. The van der Waals surface area contributed by atoms with Gasteiger partial charge in [0.15, 0.2) is 18.5 Å². The third kappa shape index (κ3) is 3.74. The van der Waals surface area contributed by atoms with Crippen LogP contribution in [0.15, 0.2) is 47.3 Å². The number of rotatable bonds is 5. The minimum atomic E-state index is -0.693. The summed E-state index contributed by atoms with van der Waals surface area (Å²) in [6.45, 7) is 5.28. The third-order valence-corrected chi connectivity index (χ3v) is 4.07. The Morgan fingerprint density at radius 3 is 2.54 bits per heavy atom. The predicted molar refractivity (Wildman–Crippen MR) is 98.3 cm³/mol. The summed E-state index contributed by atoms with van der Waals surface area (Å²) in [4.78, 5) is 31.2. The van der Waals surface area contributed by atoms with Crippen molar-refractivity contribution in [2.24, 2.45) is 0 Å². The molecule has 3 aromatic rings. The van der Waals surface area contributed by atoms with Gasteiger partial charge in [-0.2, -0.15) is 0 Å². The fourth-order valence-corrected chi connectivity index (χ4v) is 2.74. The van der Waals surface area contributed by atoms with Crippen LogP contribution in [0.1, 0.15) is 30.0 Å². The Bertz CT molecular complexity index is 990. The molecule has 0 unspecified atom stereocenters. The van der Waals surface area contributed by atoms with Crippen molar-refractivity contribution < 1.29 is 14.3 Å². The summed E-state index contributed by atoms with van der Waals surface area (Å²) in [5.41, 5.74) is 2.19. The van der Waals surface area contributed by atoms with Crippen LogP contribution in [0.5, 0.6) is 5.75 Å². The summed E-state index contributed by atoms with van der Waals surface area (Å²) in [5, 5.41) is 0.494. The SMILES string of the molecule is Cc1cccc(C)c1OCC(=O)O[C@H](C)c1nc2ccccc2c(=O)[nH]1. The summed E-state index contributed by atoms with van der Waals surface area (Å²) in [7, 11) is 0. The molecule has 26 heavy (non-hydrogen) atoms. The predicted octanol–water partition coefficient (Wildman–Crippen LogP) is 3.22. The van der Waals surface area contributed by atoms with Gasteiger partial charge in [0.05, 0.1) is 10.9 Å². The lowest BCUT2D eigenvalue weighted by Crippen LogP contribution is -2.21. The highest BCUT2D eigenvalue weighted by Crippen LogP contribution is 2.22. The number of H-pyrrole nitrogens is 1. The van der Waals surface area contributed by atoms with Gasteiger partial charge in [0.2, 0.25) is 0 Å². The number of carbonyl (C=O) groups excluding carboxylic acids is 1. The number of ether oxygens (including phenoxy) is 2. The van der Waals surface area contributed by atoms with Crippen molar-refractivity contribution in [3.05, 3.63) is 69.8 Å². The molecule has 1 aromatic heterocycles. The van der Waals surface area contributed by atoms with Crippen molar-refractivity contribution in [2.75, 3.05) is 6.61 Å². The van der Waals surface area contributed by atoms with E-state index < -0.39 is 12.1 Å². The van der Waals surface area contributed by atoms with Crippen LogP contribution in [-0.4, -0.2) is 22.5 Å². The number of aryl methyl sites for hydroxylation is 2. The highest BCUT2D eigenvalue weighted by atomic mass is 16.6. The Hall–Kier alpha value is -3.15. The van der Waals surface area contributed by atoms with Gasteiger partial charge >= 0.3 is 5.97 Å². The van der Waals surface area contributed by atoms with E-state index >= 15 is 0 Å². The summed E-state index contributed by atoms with van der Waals surface area (Å²) in [6, 6.07) is 12.8. The average Bonchev–Trinajstić information content (AvgIpc) is 2.61. The number of esters is 1. The van der Waals surface area contributed by atoms with E-state index in [1.165, 1.54) is 0 Å². The molecule has 0 bridgehead atoms. The number of aromatic nitrogens is 2. The van der Waals surface area contributed by atoms with Crippen LogP contribution in [0.3, 0.4) is 0 Å². The van der Waals surface area contributed by atoms with Crippen LogP contribution in [0, 0.1) is 13.8 Å². The second kappa shape index (κ2) is 7.39. The molecule has 1 atom stereocenters. The normalized spacial score (nSPS) is 12.0. The van der Waals surface area contributed by atoms with Crippen LogP contribution in [-0.2, 0) is 9.53 Å². The molecule has 2 aromatic carbocycles. The number of benzene rings is 2. The molecular weight excluding hydrogens is 332 g/mol. The minimum absolute atomic E-state index is 0.214. The number of nitrogens with zero attached hydrogens (tertiary/aromatic N) is 1. The monoisotopic (exact) mass is 352 g/mol. The number of nitrogens with one attached hydrogen (secondary N) is 1. The lowest BCUT2D eigenvalue weighted by molar-refractivity contribution is -0.151. The van der Waals surface area contributed by atoms with Gasteiger partial charge in [-0.1, -0.05) is 30.3 Å². The highest BCUT2D eigenvalue weighted by Gasteiger charge is 2.16. The maximum Gasteiger partial charge on any atom is 0.344 e. The van der Waals surface area contributed by atoms with E-state index in [-0.39, 0.29) is 12.2 Å². The number of aromatic amines is 1. The molecule has 0 aliphatic carbocycles. The zero-order valence-corrected chi connectivity index (χ0v) is 14.9. The number of para-hydroxylation sites is 2. The van der Waals surface area contributed by atoms with E-state index in [0.29, 0.717) is 22.5 Å². The topological polar surface area (TPSA) is 81.3 Å². The molecule has 1 N–H and O–H groups in total. The van der Waals surface area contributed by atoms with E-state index in [9.17, 15) is 9.59 Å². The highest BCUT2D eigenvalue weighted by molar-refractivity contribution is 5.77. The molecular formula is C20H20N2O4. The van der Waals surface area contributed by atoms with Gasteiger partial charge in [-0.25, -0.2) is 9.78 Å². The van der Waals surface area contributed by atoms with Crippen molar-refractivity contribution in [1.82, 2.24) is 9.97 Å². The standard InChI is InChI=1S/C20H20N2O4/c1-12-7-6-8-13(2)18(12)25-11-17(23)26-14(3)19-21-16-10-5-4-9-15(16)20(24)22-19/h4-10,14H,11H2,1-3H3,(H,21,22,24)/t14-/m1/s1. The van der Waals surface area contributed by atoms with Crippen LogP contribution in [0.4, 0.5) is 0 Å². The lowest BCUT2D eigenvalue weighted by atomic mass is 10.1. The first-order valence-electron chi connectivity index (χ1n) is 8.33. The number of carbonyl (C=O) groups is 1. The molecule has 0 fully saturated rings. The molecule has 3 rings (SSSR count). The first kappa shape index (κ1) is 17.7. The molecule has 0 aliphatic rings. The molecule has 6 nitrogen and oxygen atoms in total. The van der Waals surface area contributed by atoms with Crippen molar-refractivity contribution in [1.29, 1.82) is 0 Å². The Morgan fingerprint density at radius 1 is 1.12 bits per heavy atom. The number of fused-ring (bicyclic) bond motifs is 1. The zero-order valence-electron chi connectivity index (χ0n) is 14.9. The van der Waals surface area contributed by atoms with Crippen LogP contribution in [0.2, 0.25) is 0 Å². The second-order valence-electron chi connectivity index (χ2n) is 6.11. The van der Waals surface area contributed by atoms with E-state index in [2.05, 4.69) is 9.97 Å². The number of hydrogen-bond donors (Lipinski definition) is 1. The lowest BCUT2D eigenvalue weighted by Gasteiger charge is -2.15. The van der Waals surface area contributed by atoms with Crippen LogP contribution < -0.4 is 10.3 Å². The maximum absolute atomic E-state index is 12.1. The Morgan fingerprint density at radius 2 is 1.81 bits per heavy atom. The Labute approximate surface area is 150 Å². The Balaban J connectivity index is 1.69. The molecule has 134 valence electrons. The largest absolute Gasteiger partial charge is 0.481 e. The molecule has 0 aliphatic heterocycles. The van der Waals surface area contributed by atoms with Crippen molar-refractivity contribution in [3.63, 3.8) is 0 Å². The van der Waals surface area contributed by atoms with Gasteiger partial charge in [0.25, 0.3) is 5.56 Å². The van der Waals surface area contributed by atoms with Gasteiger partial charge in [0, 0.05) is 0 Å². The van der Waals surface area contributed by atoms with Gasteiger partial charge < -0.3 is 14.5 Å². The van der Waals surface area contributed by atoms with E-state index in [4.69, 9.17) is 9.47 Å². The molecule has 0 radical (unpaired) electrons. The van der Waals surface area contributed by atoms with E-state index in [0.717, 1.165) is 11.1 Å². The Kier molecular flexibility index (Phi) is 5.02. The minimum Gasteiger partial charge on any atom is -0.481 e. The summed E-state index contributed by atoms with van der Waals surface area (Å²) in [6.07, 6.45) is -0.693. The molecule has 0 saturated heterocycles. The first-order chi connectivity index (χ1) is 12.5. The van der Waals surface area contributed by atoms with Crippen molar-refractivity contribution in [2.45, 2.75) is 26.9 Å². The molecule has 0 amide bonds. The molecule has 6 heteroatoms. The third-order valence-electron chi connectivity index (χ3n) is 4.07. The van der Waals surface area contributed by atoms with Gasteiger partial charge in [-0.3, -0.25) is 4.79 Å². The van der Waals surface area contributed by atoms with Gasteiger partial charge in [0.1, 0.15) is 5.75 Å². The quantitative estimate of drug-likeness (QED) is 0.713. The summed E-state index contributed by atoms with van der Waals surface area (Å²) in [5.74, 6) is 0.444. The summed E-state index contributed by atoms with van der Waals surface area (Å²) < 4.78 is 10.9. The van der Waals surface area contributed by atoms with Crippen molar-refractivity contribution in [3.8, 4) is 5.75 Å². The molecule has 0 saturated carbocycles. The fraction of sp³-hybridized carbons (Fsp3) is 0.250. The summed E-state index contributed by atoms with van der Waals surface area (Å²) >= 11 is 0. The van der Waals surface area contributed by atoms with Gasteiger partial charge in [-0.15, -0.1) is 0 Å². The molecule has 1 heterocycles. The second-order valence-corrected chi connectivity index (χ2v) is 6.11. The van der Waals surface area contributed by atoms with Crippen molar-refractivity contribution >= 4 is 16.9 Å². The smallest absolute Gasteiger partial charge is 0.344 e.